The van der Waals surface area contributed by atoms with Crippen LogP contribution in [-0.4, -0.2) is 20.7 Å². The molecule has 3 aromatic rings. The number of carbonyl (C=O) groups excluding carboxylic acids is 1. The molecule has 0 atom stereocenters. The molecular weight excluding hydrogens is 324 g/mol. The molecule has 6 nitrogen and oxygen atoms in total. The zero-order valence-corrected chi connectivity index (χ0v) is 14.1. The van der Waals surface area contributed by atoms with Gasteiger partial charge in [0.15, 0.2) is 5.13 Å². The van der Waals surface area contributed by atoms with E-state index in [0.29, 0.717) is 10.8 Å². The van der Waals surface area contributed by atoms with Crippen molar-refractivity contribution in [1.29, 1.82) is 0 Å². The molecule has 122 valence electrons. The number of nitrogens with zero attached hydrogens (tertiary/aromatic N) is 3. The molecule has 1 amide bonds. The van der Waals surface area contributed by atoms with Gasteiger partial charge in [-0.1, -0.05) is 12.1 Å². The predicted molar refractivity (Wildman–Crippen MR) is 94.2 cm³/mol. The van der Waals surface area contributed by atoms with Crippen molar-refractivity contribution >= 4 is 22.4 Å². The number of nitrogens with one attached hydrogen (secondary N) is 1. The van der Waals surface area contributed by atoms with Crippen LogP contribution in [0.1, 0.15) is 11.1 Å². The topological polar surface area (TPSA) is 76.9 Å². The number of hydrogen-bond acceptors (Lipinski definition) is 5. The quantitative estimate of drug-likeness (QED) is 0.792. The number of hydrogen-bond donors (Lipinski definition) is 1. The largest absolute Gasteiger partial charge is 0.300 e. The van der Waals surface area contributed by atoms with Crippen LogP contribution in [-0.2, 0) is 11.3 Å². The smallest absolute Gasteiger partial charge is 0.267 e. The van der Waals surface area contributed by atoms with E-state index in [1.54, 1.807) is 17.6 Å². The molecule has 0 spiro atoms. The first-order valence-electron chi connectivity index (χ1n) is 7.38. The van der Waals surface area contributed by atoms with Crippen LogP contribution >= 0.6 is 11.3 Å². The highest BCUT2D eigenvalue weighted by Crippen LogP contribution is 2.19. The summed E-state index contributed by atoms with van der Waals surface area (Å²) in [6, 6.07) is 9.07. The van der Waals surface area contributed by atoms with Crippen LogP contribution in [0, 0.1) is 13.8 Å². The molecule has 0 saturated heterocycles. The maximum Gasteiger partial charge on any atom is 0.267 e. The van der Waals surface area contributed by atoms with Crippen LogP contribution in [0.25, 0.3) is 11.3 Å². The van der Waals surface area contributed by atoms with E-state index >= 15 is 0 Å². The number of amides is 1. The van der Waals surface area contributed by atoms with Gasteiger partial charge in [0.1, 0.15) is 6.54 Å². The minimum Gasteiger partial charge on any atom is -0.300 e. The Morgan fingerprint density at radius 1 is 1.21 bits per heavy atom. The molecule has 0 saturated carbocycles. The predicted octanol–water partition coefficient (Wildman–Crippen LogP) is 2.62. The van der Waals surface area contributed by atoms with Crippen molar-refractivity contribution in [3.63, 3.8) is 0 Å². The Hall–Kier alpha value is -2.80. The van der Waals surface area contributed by atoms with Crippen molar-refractivity contribution in [3.05, 3.63) is 63.4 Å². The molecule has 3 rings (SSSR count). The minimum atomic E-state index is -0.336. The van der Waals surface area contributed by atoms with E-state index in [1.165, 1.54) is 23.0 Å². The Morgan fingerprint density at radius 2 is 2.04 bits per heavy atom. The van der Waals surface area contributed by atoms with Crippen LogP contribution in [0.3, 0.4) is 0 Å². The molecule has 1 N–H and O–H groups in total. The first-order valence-corrected chi connectivity index (χ1v) is 8.26. The van der Waals surface area contributed by atoms with Crippen LogP contribution in [0.4, 0.5) is 5.13 Å². The second-order valence-corrected chi connectivity index (χ2v) is 6.29. The summed E-state index contributed by atoms with van der Waals surface area (Å²) in [5, 5.41) is 9.21. The molecule has 1 aromatic carbocycles. The number of anilines is 1. The summed E-state index contributed by atoms with van der Waals surface area (Å²) in [5.74, 6) is -0.336. The lowest BCUT2D eigenvalue weighted by Gasteiger charge is -2.08. The molecule has 0 aliphatic carbocycles. The van der Waals surface area contributed by atoms with E-state index in [4.69, 9.17) is 0 Å². The first-order chi connectivity index (χ1) is 11.5. The number of aromatic nitrogens is 3. The molecule has 2 aromatic heterocycles. The summed E-state index contributed by atoms with van der Waals surface area (Å²) in [6.45, 7) is 3.91. The fraction of sp³-hybridized carbons (Fsp3) is 0.176. The van der Waals surface area contributed by atoms with E-state index in [-0.39, 0.29) is 18.0 Å². The summed E-state index contributed by atoms with van der Waals surface area (Å²) in [6.07, 6.45) is 1.60. The normalized spacial score (nSPS) is 10.6. The molecule has 2 heterocycles. The molecule has 0 aliphatic rings. The molecular formula is C17H16N4O2S. The number of thiazole rings is 1. The Kier molecular flexibility index (Phi) is 4.52. The van der Waals surface area contributed by atoms with Crippen molar-refractivity contribution in [3.8, 4) is 11.3 Å². The average molecular weight is 340 g/mol. The molecule has 0 fully saturated rings. The second-order valence-electron chi connectivity index (χ2n) is 5.40. The van der Waals surface area contributed by atoms with Gasteiger partial charge in [0.2, 0.25) is 5.91 Å². The molecule has 24 heavy (non-hydrogen) atoms. The van der Waals surface area contributed by atoms with Crippen LogP contribution in [0.2, 0.25) is 0 Å². The first kappa shape index (κ1) is 16.1. The summed E-state index contributed by atoms with van der Waals surface area (Å²) in [4.78, 5) is 28.0. The Balaban J connectivity index is 1.84. The van der Waals surface area contributed by atoms with E-state index < -0.39 is 0 Å². The van der Waals surface area contributed by atoms with Gasteiger partial charge in [0.25, 0.3) is 5.56 Å². The third-order valence-electron chi connectivity index (χ3n) is 3.64. The summed E-state index contributed by atoms with van der Waals surface area (Å²) in [7, 11) is 0. The fourth-order valence-corrected chi connectivity index (χ4v) is 2.74. The lowest BCUT2D eigenvalue weighted by Crippen LogP contribution is -2.29. The van der Waals surface area contributed by atoms with E-state index in [9.17, 15) is 9.59 Å². The third-order valence-corrected chi connectivity index (χ3v) is 4.33. The van der Waals surface area contributed by atoms with Crippen molar-refractivity contribution < 1.29 is 4.79 Å². The van der Waals surface area contributed by atoms with Crippen LogP contribution in [0.5, 0.6) is 0 Å². The van der Waals surface area contributed by atoms with Gasteiger partial charge in [-0.05, 0) is 37.1 Å². The van der Waals surface area contributed by atoms with Gasteiger partial charge in [0.05, 0.1) is 5.69 Å². The highest BCUT2D eigenvalue weighted by molar-refractivity contribution is 7.13. The summed E-state index contributed by atoms with van der Waals surface area (Å²) < 4.78 is 1.16. The van der Waals surface area contributed by atoms with Gasteiger partial charge < -0.3 is 5.32 Å². The second kappa shape index (κ2) is 6.76. The monoisotopic (exact) mass is 340 g/mol. The van der Waals surface area contributed by atoms with E-state index in [1.807, 2.05) is 32.0 Å². The van der Waals surface area contributed by atoms with Crippen molar-refractivity contribution in [2.24, 2.45) is 0 Å². The lowest BCUT2D eigenvalue weighted by molar-refractivity contribution is -0.117. The highest BCUT2D eigenvalue weighted by Gasteiger charge is 2.09. The zero-order chi connectivity index (χ0) is 17.1. The van der Waals surface area contributed by atoms with Gasteiger partial charge in [0, 0.05) is 23.2 Å². The number of carbonyl (C=O) groups is 1. The van der Waals surface area contributed by atoms with Crippen LogP contribution in [0.15, 0.2) is 46.7 Å². The molecule has 0 aliphatic heterocycles. The third kappa shape index (κ3) is 3.57. The van der Waals surface area contributed by atoms with Crippen LogP contribution < -0.4 is 10.9 Å². The maximum absolute atomic E-state index is 12.0. The summed E-state index contributed by atoms with van der Waals surface area (Å²) in [5.41, 5.74) is 3.58. The minimum absolute atomic E-state index is 0.156. The van der Waals surface area contributed by atoms with Gasteiger partial charge in [-0.15, -0.1) is 11.3 Å². The molecule has 0 unspecified atom stereocenters. The Labute approximate surface area is 142 Å². The van der Waals surface area contributed by atoms with Gasteiger partial charge in [-0.3, -0.25) is 9.59 Å². The number of rotatable bonds is 4. The number of aryl methyl sites for hydroxylation is 2. The maximum atomic E-state index is 12.0. The average Bonchev–Trinajstić information content (AvgIpc) is 3.05. The molecule has 0 bridgehead atoms. The lowest BCUT2D eigenvalue weighted by atomic mass is 10.0. The molecule has 7 heteroatoms. The zero-order valence-electron chi connectivity index (χ0n) is 13.3. The van der Waals surface area contributed by atoms with Gasteiger partial charge in [-0.25, -0.2) is 9.67 Å². The SMILES string of the molecule is Cc1ccc(-c2ccc(=O)n(CC(=O)Nc3nccs3)n2)cc1C. The van der Waals surface area contributed by atoms with E-state index in [2.05, 4.69) is 15.4 Å². The number of benzene rings is 1. The van der Waals surface area contributed by atoms with Crippen molar-refractivity contribution in [2.75, 3.05) is 5.32 Å². The van der Waals surface area contributed by atoms with Gasteiger partial charge in [-0.2, -0.15) is 5.10 Å². The summed E-state index contributed by atoms with van der Waals surface area (Å²) >= 11 is 1.32. The molecule has 0 radical (unpaired) electrons. The Bertz CT molecular complexity index is 932. The highest BCUT2D eigenvalue weighted by atomic mass is 32.1. The standard InChI is InChI=1S/C17H16N4O2S/c1-11-3-4-13(9-12(11)2)14-5-6-16(23)21(20-14)10-15(22)19-17-18-7-8-24-17/h3-9H,10H2,1-2H3,(H,18,19,22). The van der Waals surface area contributed by atoms with Crippen molar-refractivity contribution in [1.82, 2.24) is 14.8 Å². The van der Waals surface area contributed by atoms with Gasteiger partial charge >= 0.3 is 0 Å². The fourth-order valence-electron chi connectivity index (χ4n) is 2.20. The van der Waals surface area contributed by atoms with Crippen molar-refractivity contribution in [2.45, 2.75) is 20.4 Å². The van der Waals surface area contributed by atoms with E-state index in [0.717, 1.165) is 15.8 Å². The Morgan fingerprint density at radius 3 is 2.75 bits per heavy atom.